The maximum absolute atomic E-state index is 11.7. The van der Waals surface area contributed by atoms with Crippen molar-refractivity contribution in [3.05, 3.63) is 18.2 Å². The number of fused-ring (bicyclic) bond motifs is 1. The molecule has 0 saturated carbocycles. The molecule has 19 heavy (non-hydrogen) atoms. The van der Waals surface area contributed by atoms with Crippen molar-refractivity contribution in [2.45, 2.75) is 33.2 Å². The maximum atomic E-state index is 11.7. The van der Waals surface area contributed by atoms with Gasteiger partial charge in [0.25, 0.3) is 0 Å². The number of carbonyl (C=O) groups excluding carboxylic acids is 1. The molecule has 2 N–H and O–H groups in total. The molecule has 102 valence electrons. The Balaban J connectivity index is 2.08. The van der Waals surface area contributed by atoms with E-state index in [2.05, 4.69) is 25.8 Å². The minimum atomic E-state index is -0.246. The van der Waals surface area contributed by atoms with Gasteiger partial charge in [0.1, 0.15) is 5.82 Å². The Morgan fingerprint density at radius 3 is 2.79 bits per heavy atom. The van der Waals surface area contributed by atoms with Crippen LogP contribution in [0.4, 0.5) is 5.82 Å². The van der Waals surface area contributed by atoms with Crippen molar-refractivity contribution in [1.82, 2.24) is 24.9 Å². The summed E-state index contributed by atoms with van der Waals surface area (Å²) in [5.74, 6) is 1.24. The number of nitrogens with zero attached hydrogens (tertiary/aromatic N) is 4. The minimum absolute atomic E-state index is 0.0902. The standard InChI is InChI=1S/C12H18N6O/c1-8-16-17-11-10(13-5-6-18(8)11)14-7-9(19)15-12(2,3)4/h5-6H,7H2,1-4H3,(H,13,14)(H,15,19). The molecule has 0 fully saturated rings. The second kappa shape index (κ2) is 4.83. The van der Waals surface area contributed by atoms with Crippen LogP contribution in [-0.4, -0.2) is 37.6 Å². The van der Waals surface area contributed by atoms with E-state index in [4.69, 9.17) is 0 Å². The lowest BCUT2D eigenvalue weighted by Crippen LogP contribution is -2.43. The minimum Gasteiger partial charge on any atom is -0.358 e. The molecule has 0 bridgehead atoms. The summed E-state index contributed by atoms with van der Waals surface area (Å²) in [5, 5.41) is 13.8. The van der Waals surface area contributed by atoms with E-state index >= 15 is 0 Å². The Bertz CT molecular complexity index is 598. The second-order valence-electron chi connectivity index (χ2n) is 5.37. The van der Waals surface area contributed by atoms with E-state index in [-0.39, 0.29) is 18.0 Å². The first kappa shape index (κ1) is 13.3. The molecule has 0 aliphatic rings. The number of rotatable bonds is 3. The van der Waals surface area contributed by atoms with E-state index in [9.17, 15) is 4.79 Å². The monoisotopic (exact) mass is 262 g/mol. The number of anilines is 1. The Hall–Kier alpha value is -2.18. The third kappa shape index (κ3) is 3.18. The van der Waals surface area contributed by atoms with Gasteiger partial charge in [-0.25, -0.2) is 4.98 Å². The largest absolute Gasteiger partial charge is 0.358 e. The van der Waals surface area contributed by atoms with Crippen molar-refractivity contribution in [3.8, 4) is 0 Å². The Morgan fingerprint density at radius 2 is 2.11 bits per heavy atom. The smallest absolute Gasteiger partial charge is 0.239 e. The lowest BCUT2D eigenvalue weighted by Gasteiger charge is -2.20. The highest BCUT2D eigenvalue weighted by atomic mass is 16.2. The number of aryl methyl sites for hydroxylation is 1. The molecule has 0 aliphatic heterocycles. The molecular formula is C12H18N6O. The number of nitrogens with one attached hydrogen (secondary N) is 2. The molecule has 0 unspecified atom stereocenters. The van der Waals surface area contributed by atoms with Crippen LogP contribution in [0.25, 0.3) is 5.65 Å². The van der Waals surface area contributed by atoms with Gasteiger partial charge in [-0.2, -0.15) is 0 Å². The van der Waals surface area contributed by atoms with Gasteiger partial charge < -0.3 is 10.6 Å². The average Bonchev–Trinajstić information content (AvgIpc) is 2.67. The van der Waals surface area contributed by atoms with Crippen LogP contribution < -0.4 is 10.6 Å². The van der Waals surface area contributed by atoms with E-state index in [0.717, 1.165) is 5.82 Å². The highest BCUT2D eigenvalue weighted by molar-refractivity contribution is 5.82. The number of hydrogen-bond donors (Lipinski definition) is 2. The van der Waals surface area contributed by atoms with Crippen LogP contribution >= 0.6 is 0 Å². The maximum Gasteiger partial charge on any atom is 0.239 e. The summed E-state index contributed by atoms with van der Waals surface area (Å²) >= 11 is 0. The molecule has 0 spiro atoms. The van der Waals surface area contributed by atoms with Gasteiger partial charge in [-0.1, -0.05) is 0 Å². The zero-order valence-electron chi connectivity index (χ0n) is 11.6. The fraction of sp³-hybridized carbons (Fsp3) is 0.500. The molecule has 7 heteroatoms. The summed E-state index contributed by atoms with van der Waals surface area (Å²) in [6.07, 6.45) is 3.43. The van der Waals surface area contributed by atoms with Gasteiger partial charge in [-0.15, -0.1) is 10.2 Å². The molecule has 0 aliphatic carbocycles. The summed E-state index contributed by atoms with van der Waals surface area (Å²) in [5.41, 5.74) is 0.368. The van der Waals surface area contributed by atoms with E-state index in [1.54, 1.807) is 12.4 Å². The molecule has 2 aromatic heterocycles. The highest BCUT2D eigenvalue weighted by Gasteiger charge is 2.14. The van der Waals surface area contributed by atoms with Crippen LogP contribution in [0.3, 0.4) is 0 Å². The van der Waals surface area contributed by atoms with Crippen molar-refractivity contribution in [1.29, 1.82) is 0 Å². The van der Waals surface area contributed by atoms with Gasteiger partial charge in [-0.05, 0) is 27.7 Å². The van der Waals surface area contributed by atoms with Crippen molar-refractivity contribution in [3.63, 3.8) is 0 Å². The Morgan fingerprint density at radius 1 is 1.37 bits per heavy atom. The zero-order chi connectivity index (χ0) is 14.0. The molecule has 7 nitrogen and oxygen atoms in total. The van der Waals surface area contributed by atoms with Gasteiger partial charge in [0.05, 0.1) is 6.54 Å². The Labute approximate surface area is 111 Å². The van der Waals surface area contributed by atoms with Gasteiger partial charge in [0.15, 0.2) is 5.82 Å². The normalized spacial score (nSPS) is 11.6. The summed E-state index contributed by atoms with van der Waals surface area (Å²) < 4.78 is 1.82. The fourth-order valence-corrected chi connectivity index (χ4v) is 1.69. The van der Waals surface area contributed by atoms with Crippen LogP contribution in [0.15, 0.2) is 12.4 Å². The summed E-state index contributed by atoms with van der Waals surface area (Å²) in [7, 11) is 0. The predicted molar refractivity (Wildman–Crippen MR) is 71.9 cm³/mol. The molecular weight excluding hydrogens is 244 g/mol. The first-order valence-corrected chi connectivity index (χ1v) is 6.08. The van der Waals surface area contributed by atoms with Crippen LogP contribution in [-0.2, 0) is 4.79 Å². The lowest BCUT2D eigenvalue weighted by molar-refractivity contribution is -0.120. The first-order valence-electron chi connectivity index (χ1n) is 6.08. The summed E-state index contributed by atoms with van der Waals surface area (Å²) in [4.78, 5) is 15.9. The van der Waals surface area contributed by atoms with Crippen molar-refractivity contribution >= 4 is 17.4 Å². The van der Waals surface area contributed by atoms with Crippen molar-refractivity contribution in [2.24, 2.45) is 0 Å². The van der Waals surface area contributed by atoms with Crippen LogP contribution in [0.5, 0.6) is 0 Å². The average molecular weight is 262 g/mol. The van der Waals surface area contributed by atoms with Crippen molar-refractivity contribution in [2.75, 3.05) is 11.9 Å². The molecule has 0 aromatic carbocycles. The third-order valence-corrected chi connectivity index (χ3v) is 2.43. The fourth-order valence-electron chi connectivity index (χ4n) is 1.69. The third-order valence-electron chi connectivity index (χ3n) is 2.43. The lowest BCUT2D eigenvalue weighted by atomic mass is 10.1. The van der Waals surface area contributed by atoms with Crippen LogP contribution in [0, 0.1) is 6.92 Å². The van der Waals surface area contributed by atoms with Gasteiger partial charge in [0, 0.05) is 17.9 Å². The van der Waals surface area contributed by atoms with E-state index in [0.29, 0.717) is 11.5 Å². The number of aromatic nitrogens is 4. The van der Waals surface area contributed by atoms with Crippen LogP contribution in [0.1, 0.15) is 26.6 Å². The number of amides is 1. The SMILES string of the molecule is Cc1nnc2c(NCC(=O)NC(C)(C)C)nccn12. The highest BCUT2D eigenvalue weighted by Crippen LogP contribution is 2.11. The molecule has 1 amide bonds. The zero-order valence-corrected chi connectivity index (χ0v) is 11.6. The topological polar surface area (TPSA) is 84.2 Å². The summed E-state index contributed by atoms with van der Waals surface area (Å²) in [6.45, 7) is 7.81. The van der Waals surface area contributed by atoms with Gasteiger partial charge in [-0.3, -0.25) is 9.20 Å². The molecule has 0 atom stereocenters. The predicted octanol–water partition coefficient (Wildman–Crippen LogP) is 0.759. The number of carbonyl (C=O) groups is 1. The second-order valence-corrected chi connectivity index (χ2v) is 5.37. The molecule has 0 saturated heterocycles. The van der Waals surface area contributed by atoms with E-state index < -0.39 is 0 Å². The molecule has 2 rings (SSSR count). The summed E-state index contributed by atoms with van der Waals surface area (Å²) in [6, 6.07) is 0. The van der Waals surface area contributed by atoms with Gasteiger partial charge in [0.2, 0.25) is 11.6 Å². The Kier molecular flexibility index (Phi) is 3.37. The van der Waals surface area contributed by atoms with Gasteiger partial charge >= 0.3 is 0 Å². The van der Waals surface area contributed by atoms with E-state index in [1.165, 1.54) is 0 Å². The van der Waals surface area contributed by atoms with E-state index in [1.807, 2.05) is 32.1 Å². The molecule has 2 aromatic rings. The first-order chi connectivity index (χ1) is 8.87. The number of hydrogen-bond acceptors (Lipinski definition) is 5. The molecule has 2 heterocycles. The quantitative estimate of drug-likeness (QED) is 0.853. The van der Waals surface area contributed by atoms with Crippen LogP contribution in [0.2, 0.25) is 0 Å². The molecule has 0 radical (unpaired) electrons. The van der Waals surface area contributed by atoms with Crippen molar-refractivity contribution < 1.29 is 4.79 Å².